The van der Waals surface area contributed by atoms with E-state index in [1.165, 1.54) is 6.07 Å². The van der Waals surface area contributed by atoms with Crippen molar-refractivity contribution in [3.05, 3.63) is 17.5 Å². The number of hydrogen-bond acceptors (Lipinski definition) is 3. The van der Waals surface area contributed by atoms with E-state index in [9.17, 15) is 17.7 Å². The Morgan fingerprint density at radius 2 is 1.93 bits per heavy atom. The summed E-state index contributed by atoms with van der Waals surface area (Å²) < 4.78 is 52.5. The largest absolute Gasteiger partial charge is 0.616 e. The van der Waals surface area contributed by atoms with E-state index in [2.05, 4.69) is 10.00 Å². The third-order valence-corrected chi connectivity index (χ3v) is 9.09. The maximum Gasteiger partial charge on any atom is 0.435 e. The highest BCUT2D eigenvalue weighted by Crippen LogP contribution is 2.64. The number of nitrogens with zero attached hydrogens (tertiary/aromatic N) is 3. The predicted molar refractivity (Wildman–Crippen MR) is 96.9 cm³/mol. The molecule has 2 aliphatic carbocycles. The second-order valence-corrected chi connectivity index (χ2v) is 10.9. The van der Waals surface area contributed by atoms with Gasteiger partial charge in [-0.05, 0) is 57.6 Å². The molecule has 0 radical (unpaired) electrons. The highest BCUT2D eigenvalue weighted by molar-refractivity contribution is 7.92. The lowest BCUT2D eigenvalue weighted by atomic mass is 9.91. The Bertz CT molecular complexity index is 731. The molecule has 4 nitrogen and oxygen atoms in total. The molecule has 0 amide bonds. The van der Waals surface area contributed by atoms with Gasteiger partial charge >= 0.3 is 6.18 Å². The molecule has 5 rings (SSSR count). The molecule has 2 aliphatic heterocycles. The highest BCUT2D eigenvalue weighted by Gasteiger charge is 2.61. The summed E-state index contributed by atoms with van der Waals surface area (Å²) in [5.41, 5.74) is 0.319. The first kappa shape index (κ1) is 18.3. The number of hydrogen-bond donors (Lipinski definition) is 0. The van der Waals surface area contributed by atoms with Gasteiger partial charge in [0, 0.05) is 30.2 Å². The van der Waals surface area contributed by atoms with Crippen LogP contribution < -0.4 is 0 Å². The van der Waals surface area contributed by atoms with Gasteiger partial charge in [0.05, 0.1) is 5.41 Å². The third-order valence-electron chi connectivity index (χ3n) is 7.22. The van der Waals surface area contributed by atoms with Gasteiger partial charge in [-0.2, -0.15) is 18.3 Å². The van der Waals surface area contributed by atoms with Crippen LogP contribution in [0.4, 0.5) is 13.2 Å². The minimum Gasteiger partial charge on any atom is -0.616 e. The number of alkyl halides is 3. The van der Waals surface area contributed by atoms with E-state index in [-0.39, 0.29) is 12.0 Å². The van der Waals surface area contributed by atoms with Gasteiger partial charge < -0.3 is 4.55 Å². The van der Waals surface area contributed by atoms with Gasteiger partial charge in [0.2, 0.25) is 0 Å². The number of likely N-dealkylation sites (tertiary alicyclic amines) is 1. The molecular formula is C19H26F3N3OS. The Labute approximate surface area is 160 Å². The zero-order valence-electron chi connectivity index (χ0n) is 15.7. The first-order valence-electron chi connectivity index (χ1n) is 9.92. The lowest BCUT2D eigenvalue weighted by molar-refractivity contribution is -0.141. The van der Waals surface area contributed by atoms with Crippen LogP contribution in [0.5, 0.6) is 0 Å². The van der Waals surface area contributed by atoms with Crippen molar-refractivity contribution < 1.29 is 17.7 Å². The monoisotopic (exact) mass is 401 g/mol. The maximum absolute atomic E-state index is 13.1. The molecule has 1 aromatic rings. The SMILES string of the molecule is CC(C)n1nc(C(F)(F)F)cc1[C@H]1C2C[C@@H](N3CCC4(C3)C[S+]([O-])C4)C[C@@H]21. The van der Waals surface area contributed by atoms with E-state index in [1.807, 2.05) is 13.8 Å². The molecule has 1 aromatic heterocycles. The topological polar surface area (TPSA) is 44.1 Å². The second-order valence-electron chi connectivity index (χ2n) is 9.42. The lowest BCUT2D eigenvalue weighted by Gasteiger charge is -2.39. The van der Waals surface area contributed by atoms with Crippen molar-refractivity contribution in [1.29, 1.82) is 0 Å². The molecule has 0 aromatic carbocycles. The molecule has 2 saturated carbocycles. The summed E-state index contributed by atoms with van der Waals surface area (Å²) in [5, 5.41) is 3.86. The van der Waals surface area contributed by atoms with Crippen molar-refractivity contribution in [3.8, 4) is 0 Å². The molecule has 1 spiro atoms. The van der Waals surface area contributed by atoms with Crippen molar-refractivity contribution >= 4 is 11.2 Å². The number of rotatable bonds is 3. The maximum atomic E-state index is 13.1. The standard InChI is InChI=1S/C19H26F3N3OS/c1-11(2)25-15(7-16(23-25)19(20,21)22)17-13-5-12(6-14(13)17)24-4-3-18(8-24)9-27(26)10-18/h7,11-14,17H,3-6,8-10H2,1-2H3/t12-,13-,14?,17+,18?,27?/m0/s1. The van der Waals surface area contributed by atoms with E-state index >= 15 is 0 Å². The Balaban J connectivity index is 1.26. The average molecular weight is 401 g/mol. The Morgan fingerprint density at radius 1 is 1.26 bits per heavy atom. The molecule has 3 heterocycles. The molecule has 4 atom stereocenters. The highest BCUT2D eigenvalue weighted by atomic mass is 32.2. The summed E-state index contributed by atoms with van der Waals surface area (Å²) in [7, 11) is 0. The fourth-order valence-corrected chi connectivity index (χ4v) is 7.67. The van der Waals surface area contributed by atoms with Gasteiger partial charge in [-0.1, -0.05) is 11.2 Å². The fraction of sp³-hybridized carbons (Fsp3) is 0.842. The number of halogens is 3. The van der Waals surface area contributed by atoms with Gasteiger partial charge in [-0.3, -0.25) is 9.58 Å². The summed E-state index contributed by atoms with van der Waals surface area (Å²) in [5.74, 6) is 2.95. The Kier molecular flexibility index (Phi) is 3.99. The molecule has 1 unspecified atom stereocenters. The second kappa shape index (κ2) is 5.89. The van der Waals surface area contributed by atoms with Gasteiger partial charge in [0.25, 0.3) is 0 Å². The lowest BCUT2D eigenvalue weighted by Crippen LogP contribution is -2.50. The molecule has 2 saturated heterocycles. The Hall–Kier alpha value is -0.730. The van der Waals surface area contributed by atoms with Crippen LogP contribution in [0.15, 0.2) is 6.07 Å². The van der Waals surface area contributed by atoms with Crippen LogP contribution in [-0.4, -0.2) is 49.9 Å². The summed E-state index contributed by atoms with van der Waals surface area (Å²) in [6.07, 6.45) is -1.06. The van der Waals surface area contributed by atoms with Crippen molar-refractivity contribution in [3.63, 3.8) is 0 Å². The van der Waals surface area contributed by atoms with E-state index in [0.29, 0.717) is 23.3 Å². The summed E-state index contributed by atoms with van der Waals surface area (Å²) in [4.78, 5) is 2.57. The van der Waals surface area contributed by atoms with Crippen molar-refractivity contribution in [2.75, 3.05) is 24.6 Å². The molecule has 150 valence electrons. The minimum atomic E-state index is -4.38. The van der Waals surface area contributed by atoms with Crippen LogP contribution in [0.3, 0.4) is 0 Å². The third kappa shape index (κ3) is 2.94. The quantitative estimate of drug-likeness (QED) is 0.729. The van der Waals surface area contributed by atoms with Gasteiger partial charge in [0.1, 0.15) is 11.5 Å². The smallest absolute Gasteiger partial charge is 0.435 e. The normalized spacial score (nSPS) is 41.4. The first-order chi connectivity index (χ1) is 12.7. The van der Waals surface area contributed by atoms with Crippen LogP contribution in [0, 0.1) is 17.3 Å². The summed E-state index contributed by atoms with van der Waals surface area (Å²) in [6, 6.07) is 1.78. The summed E-state index contributed by atoms with van der Waals surface area (Å²) >= 11 is -0.607. The molecule has 4 fully saturated rings. The van der Waals surface area contributed by atoms with Gasteiger partial charge in [-0.25, -0.2) is 0 Å². The molecule has 27 heavy (non-hydrogen) atoms. The predicted octanol–water partition coefficient (Wildman–Crippen LogP) is 3.43. The van der Waals surface area contributed by atoms with Gasteiger partial charge in [-0.15, -0.1) is 0 Å². The number of fused-ring (bicyclic) bond motifs is 1. The van der Waals surface area contributed by atoms with Gasteiger partial charge in [0.15, 0.2) is 5.69 Å². The number of aromatic nitrogens is 2. The van der Waals surface area contributed by atoms with E-state index < -0.39 is 23.0 Å². The van der Waals surface area contributed by atoms with Crippen LogP contribution >= 0.6 is 0 Å². The molecule has 0 N–H and O–H groups in total. The van der Waals surface area contributed by atoms with Crippen LogP contribution in [0.2, 0.25) is 0 Å². The van der Waals surface area contributed by atoms with Crippen molar-refractivity contribution in [1.82, 2.24) is 14.7 Å². The molecule has 0 bridgehead atoms. The molecule has 4 aliphatic rings. The average Bonchev–Trinajstić information content (AvgIpc) is 3.01. The van der Waals surface area contributed by atoms with E-state index in [4.69, 9.17) is 0 Å². The zero-order chi connectivity index (χ0) is 19.1. The minimum absolute atomic E-state index is 0.0637. The van der Waals surface area contributed by atoms with Crippen LogP contribution in [0.25, 0.3) is 0 Å². The first-order valence-corrected chi connectivity index (χ1v) is 11.4. The molecular weight excluding hydrogens is 375 g/mol. The summed E-state index contributed by atoms with van der Waals surface area (Å²) in [6.45, 7) is 5.94. The van der Waals surface area contributed by atoms with Crippen LogP contribution in [0.1, 0.15) is 56.5 Å². The molecule has 8 heteroatoms. The van der Waals surface area contributed by atoms with E-state index in [0.717, 1.165) is 49.6 Å². The zero-order valence-corrected chi connectivity index (χ0v) is 16.5. The Morgan fingerprint density at radius 3 is 2.48 bits per heavy atom. The van der Waals surface area contributed by atoms with E-state index in [1.54, 1.807) is 4.68 Å². The fourth-order valence-electron chi connectivity index (χ4n) is 5.92. The van der Waals surface area contributed by atoms with Crippen molar-refractivity contribution in [2.24, 2.45) is 17.3 Å². The van der Waals surface area contributed by atoms with Crippen LogP contribution in [-0.2, 0) is 17.4 Å². The van der Waals surface area contributed by atoms with Crippen molar-refractivity contribution in [2.45, 2.75) is 57.3 Å².